The largest absolute Gasteiger partial charge is 0.376 e. The van der Waals surface area contributed by atoms with E-state index in [-0.39, 0.29) is 30.7 Å². The van der Waals surface area contributed by atoms with Crippen LogP contribution in [0.1, 0.15) is 30.3 Å². The van der Waals surface area contributed by atoms with E-state index in [9.17, 15) is 9.59 Å². The maximum Gasteiger partial charge on any atom is 0.343 e. The van der Waals surface area contributed by atoms with Crippen LogP contribution in [0.25, 0.3) is 0 Å². The lowest BCUT2D eigenvalue weighted by atomic mass is 10.2. The predicted molar refractivity (Wildman–Crippen MR) is 82.6 cm³/mol. The van der Waals surface area contributed by atoms with Crippen molar-refractivity contribution in [2.45, 2.75) is 25.4 Å². The lowest BCUT2D eigenvalue weighted by Gasteiger charge is -2.08. The molecule has 1 fully saturated rings. The molecule has 0 bridgehead atoms. The predicted octanol–water partition coefficient (Wildman–Crippen LogP) is 0.506. The minimum atomic E-state index is -0.229. The van der Waals surface area contributed by atoms with Crippen molar-refractivity contribution in [1.29, 1.82) is 5.26 Å². The topological polar surface area (TPSA) is 116 Å². The van der Waals surface area contributed by atoms with Gasteiger partial charge in [0.1, 0.15) is 0 Å². The van der Waals surface area contributed by atoms with Gasteiger partial charge in [0, 0.05) is 11.7 Å². The van der Waals surface area contributed by atoms with Crippen LogP contribution in [-0.4, -0.2) is 27.2 Å². The van der Waals surface area contributed by atoms with E-state index in [1.807, 2.05) is 6.07 Å². The van der Waals surface area contributed by atoms with E-state index in [0.29, 0.717) is 11.4 Å². The maximum absolute atomic E-state index is 11.9. The second-order valence-corrected chi connectivity index (χ2v) is 5.37. The molecule has 8 heteroatoms. The molecular formula is C15H16N6O2. The third-order valence-electron chi connectivity index (χ3n) is 3.60. The van der Waals surface area contributed by atoms with Crippen LogP contribution in [0.5, 0.6) is 0 Å². The Hall–Kier alpha value is -3.08. The van der Waals surface area contributed by atoms with E-state index in [4.69, 9.17) is 5.26 Å². The molecule has 0 radical (unpaired) electrons. The van der Waals surface area contributed by atoms with Gasteiger partial charge in [0.05, 0.1) is 24.7 Å². The van der Waals surface area contributed by atoms with E-state index in [1.165, 1.54) is 0 Å². The number of nitrogens with zero attached hydrogens (tertiary/aromatic N) is 3. The Morgan fingerprint density at radius 1 is 1.39 bits per heavy atom. The van der Waals surface area contributed by atoms with Crippen LogP contribution < -0.4 is 16.3 Å². The lowest BCUT2D eigenvalue weighted by Crippen LogP contribution is -2.31. The third kappa shape index (κ3) is 3.58. The molecule has 0 atom stereocenters. The Morgan fingerprint density at radius 2 is 2.13 bits per heavy atom. The Balaban J connectivity index is 1.50. The van der Waals surface area contributed by atoms with Crippen molar-refractivity contribution in [3.05, 3.63) is 46.1 Å². The summed E-state index contributed by atoms with van der Waals surface area (Å²) < 4.78 is 1.61. The summed E-state index contributed by atoms with van der Waals surface area (Å²) in [6.07, 6.45) is 1.95. The fourth-order valence-corrected chi connectivity index (χ4v) is 2.26. The average molecular weight is 312 g/mol. The van der Waals surface area contributed by atoms with Gasteiger partial charge in [-0.15, -0.1) is 0 Å². The van der Waals surface area contributed by atoms with Crippen molar-refractivity contribution >= 4 is 11.6 Å². The first kappa shape index (κ1) is 14.8. The highest BCUT2D eigenvalue weighted by Crippen LogP contribution is 2.33. The van der Waals surface area contributed by atoms with Crippen LogP contribution in [0.2, 0.25) is 0 Å². The molecule has 118 valence electrons. The molecule has 0 aliphatic heterocycles. The highest BCUT2D eigenvalue weighted by Gasteiger charge is 2.28. The first-order valence-corrected chi connectivity index (χ1v) is 7.34. The van der Waals surface area contributed by atoms with Gasteiger partial charge in [-0.2, -0.15) is 10.4 Å². The first-order chi connectivity index (χ1) is 11.2. The molecule has 1 amide bonds. The fourth-order valence-electron chi connectivity index (χ4n) is 2.26. The number of H-pyrrole nitrogens is 1. The fraction of sp³-hybridized carbons (Fsp3) is 0.333. The Bertz CT molecular complexity index is 795. The summed E-state index contributed by atoms with van der Waals surface area (Å²) in [5.41, 5.74) is 1.10. The SMILES string of the molecule is N#Cc1ccc(NCC(=O)NCc2n[nH]c(=O)n2C2CC2)cc1. The monoisotopic (exact) mass is 312 g/mol. The number of amides is 1. The average Bonchev–Trinajstić information content (AvgIpc) is 3.34. The molecule has 3 N–H and O–H groups in total. The molecule has 8 nitrogen and oxygen atoms in total. The molecule has 1 aromatic carbocycles. The molecule has 0 saturated heterocycles. The molecule has 1 aliphatic rings. The van der Waals surface area contributed by atoms with Crippen LogP contribution in [0.4, 0.5) is 5.69 Å². The molecule has 1 aromatic heterocycles. The second-order valence-electron chi connectivity index (χ2n) is 5.37. The molecule has 0 spiro atoms. The number of carbonyl (C=O) groups is 1. The zero-order valence-electron chi connectivity index (χ0n) is 12.4. The Morgan fingerprint density at radius 3 is 2.78 bits per heavy atom. The summed E-state index contributed by atoms with van der Waals surface area (Å²) in [5, 5.41) is 20.8. The van der Waals surface area contributed by atoms with Crippen molar-refractivity contribution in [3.8, 4) is 6.07 Å². The van der Waals surface area contributed by atoms with Gasteiger partial charge in [0.25, 0.3) is 0 Å². The summed E-state index contributed by atoms with van der Waals surface area (Å²) in [6.45, 7) is 0.313. The second kappa shape index (κ2) is 6.36. The van der Waals surface area contributed by atoms with Gasteiger partial charge < -0.3 is 10.6 Å². The number of rotatable bonds is 6. The molecule has 0 unspecified atom stereocenters. The summed E-state index contributed by atoms with van der Waals surface area (Å²) in [6, 6.07) is 9.09. The molecule has 23 heavy (non-hydrogen) atoms. The minimum absolute atomic E-state index is 0.101. The third-order valence-corrected chi connectivity index (χ3v) is 3.60. The maximum atomic E-state index is 11.9. The van der Waals surface area contributed by atoms with Crippen molar-refractivity contribution in [2.75, 3.05) is 11.9 Å². The van der Waals surface area contributed by atoms with Gasteiger partial charge in [-0.3, -0.25) is 9.36 Å². The van der Waals surface area contributed by atoms with Crippen molar-refractivity contribution in [3.63, 3.8) is 0 Å². The number of anilines is 1. The van der Waals surface area contributed by atoms with Gasteiger partial charge >= 0.3 is 5.69 Å². The lowest BCUT2D eigenvalue weighted by molar-refractivity contribution is -0.119. The molecule has 1 saturated carbocycles. The van der Waals surface area contributed by atoms with Gasteiger partial charge in [-0.25, -0.2) is 9.89 Å². The molecule has 2 aromatic rings. The van der Waals surface area contributed by atoms with Crippen LogP contribution in [-0.2, 0) is 11.3 Å². The first-order valence-electron chi connectivity index (χ1n) is 7.34. The summed E-state index contributed by atoms with van der Waals surface area (Å²) in [4.78, 5) is 23.5. The zero-order chi connectivity index (χ0) is 16.2. The summed E-state index contributed by atoms with van der Waals surface area (Å²) in [5.74, 6) is 0.344. The smallest absolute Gasteiger partial charge is 0.343 e. The van der Waals surface area contributed by atoms with Crippen molar-refractivity contribution in [2.24, 2.45) is 0 Å². The van der Waals surface area contributed by atoms with Crippen LogP contribution in [0.3, 0.4) is 0 Å². The molecular weight excluding hydrogens is 296 g/mol. The quantitative estimate of drug-likeness (QED) is 0.718. The number of hydrogen-bond donors (Lipinski definition) is 3. The molecule has 1 heterocycles. The number of benzene rings is 1. The molecule has 1 aliphatic carbocycles. The van der Waals surface area contributed by atoms with E-state index < -0.39 is 0 Å². The van der Waals surface area contributed by atoms with E-state index in [2.05, 4.69) is 20.8 Å². The van der Waals surface area contributed by atoms with E-state index >= 15 is 0 Å². The van der Waals surface area contributed by atoms with Crippen molar-refractivity contribution < 1.29 is 4.79 Å². The van der Waals surface area contributed by atoms with Gasteiger partial charge in [-0.05, 0) is 37.1 Å². The van der Waals surface area contributed by atoms with Gasteiger partial charge in [-0.1, -0.05) is 0 Å². The number of nitrogens with one attached hydrogen (secondary N) is 3. The standard InChI is InChI=1S/C15H16N6O2/c16-7-10-1-3-11(4-2-10)17-9-14(22)18-8-13-19-20-15(23)21(13)12-5-6-12/h1-4,12,17H,5-6,8-9H2,(H,18,22)(H,20,23). The Labute approximate surface area is 132 Å². The number of carbonyl (C=O) groups excluding carboxylic acids is 1. The van der Waals surface area contributed by atoms with Crippen molar-refractivity contribution in [1.82, 2.24) is 20.1 Å². The van der Waals surface area contributed by atoms with Crippen LogP contribution in [0, 0.1) is 11.3 Å². The normalized spacial score (nSPS) is 13.3. The highest BCUT2D eigenvalue weighted by molar-refractivity contribution is 5.80. The summed E-state index contributed by atoms with van der Waals surface area (Å²) in [7, 11) is 0. The number of nitriles is 1. The summed E-state index contributed by atoms with van der Waals surface area (Å²) >= 11 is 0. The number of aromatic nitrogens is 3. The minimum Gasteiger partial charge on any atom is -0.376 e. The van der Waals surface area contributed by atoms with E-state index in [1.54, 1.807) is 28.8 Å². The zero-order valence-corrected chi connectivity index (χ0v) is 12.4. The Kier molecular flexibility index (Phi) is 4.10. The van der Waals surface area contributed by atoms with E-state index in [0.717, 1.165) is 18.5 Å². The van der Waals surface area contributed by atoms with Gasteiger partial charge in [0.15, 0.2) is 5.82 Å². The molecule has 3 rings (SSSR count). The number of hydrogen-bond acceptors (Lipinski definition) is 5. The number of aromatic amines is 1. The van der Waals surface area contributed by atoms with Crippen LogP contribution >= 0.6 is 0 Å². The van der Waals surface area contributed by atoms with Crippen LogP contribution in [0.15, 0.2) is 29.1 Å². The highest BCUT2D eigenvalue weighted by atomic mass is 16.2. The van der Waals surface area contributed by atoms with Gasteiger partial charge in [0.2, 0.25) is 5.91 Å².